The van der Waals surface area contributed by atoms with Gasteiger partial charge in [0, 0.05) is 18.8 Å². The number of anilines is 1. The van der Waals surface area contributed by atoms with Crippen LogP contribution in [0.1, 0.15) is 19.3 Å². The Labute approximate surface area is 117 Å². The van der Waals surface area contributed by atoms with Gasteiger partial charge in [0.05, 0.1) is 5.02 Å². The van der Waals surface area contributed by atoms with Gasteiger partial charge >= 0.3 is 0 Å². The van der Waals surface area contributed by atoms with Crippen LogP contribution in [0.4, 0.5) is 5.95 Å². The summed E-state index contributed by atoms with van der Waals surface area (Å²) in [7, 11) is 2.18. The Morgan fingerprint density at radius 1 is 1.42 bits per heavy atom. The first kappa shape index (κ1) is 12.7. The highest BCUT2D eigenvalue weighted by Crippen LogP contribution is 2.16. The average molecular weight is 280 g/mol. The topological polar surface area (TPSA) is 45.5 Å². The Balaban J connectivity index is 1.68. The number of fused-ring (bicyclic) bond motifs is 1. The van der Waals surface area contributed by atoms with Gasteiger partial charge < -0.3 is 10.2 Å². The lowest BCUT2D eigenvalue weighted by Gasteiger charge is -2.32. The Kier molecular flexibility index (Phi) is 3.57. The number of hydrogen-bond donors (Lipinski definition) is 1. The molecule has 102 valence electrons. The molecule has 1 aliphatic rings. The normalized spacial score (nSPS) is 20.8. The van der Waals surface area contributed by atoms with Crippen LogP contribution < -0.4 is 5.32 Å². The zero-order valence-electron chi connectivity index (χ0n) is 11.0. The largest absolute Gasteiger partial charge is 0.351 e. The monoisotopic (exact) mass is 279 g/mol. The van der Waals surface area contributed by atoms with E-state index < -0.39 is 0 Å². The first-order valence-electron chi connectivity index (χ1n) is 6.68. The number of hydrogen-bond acceptors (Lipinski definition) is 4. The maximum absolute atomic E-state index is 5.93. The van der Waals surface area contributed by atoms with Gasteiger partial charge in [0.15, 0.2) is 5.65 Å². The summed E-state index contributed by atoms with van der Waals surface area (Å²) in [4.78, 5) is 6.83. The molecule has 1 N–H and O–H groups in total. The SMILES string of the molecule is CN1CCCCC1CNc1nc2ccc(Cl)cn2n1. The lowest BCUT2D eigenvalue weighted by atomic mass is 10.0. The van der Waals surface area contributed by atoms with E-state index in [-0.39, 0.29) is 0 Å². The van der Waals surface area contributed by atoms with Crippen LogP contribution in [0.5, 0.6) is 0 Å². The minimum Gasteiger partial charge on any atom is -0.351 e. The van der Waals surface area contributed by atoms with Crippen molar-refractivity contribution in [1.82, 2.24) is 19.5 Å². The summed E-state index contributed by atoms with van der Waals surface area (Å²) in [6.45, 7) is 2.07. The molecular formula is C13H18ClN5. The number of halogens is 1. The molecule has 0 aromatic carbocycles. The predicted octanol–water partition coefficient (Wildman–Crippen LogP) is 2.28. The molecule has 6 heteroatoms. The van der Waals surface area contributed by atoms with E-state index in [0.717, 1.165) is 12.2 Å². The van der Waals surface area contributed by atoms with E-state index in [2.05, 4.69) is 27.3 Å². The van der Waals surface area contributed by atoms with Crippen molar-refractivity contribution in [3.8, 4) is 0 Å². The molecule has 0 aliphatic carbocycles. The molecule has 19 heavy (non-hydrogen) atoms. The van der Waals surface area contributed by atoms with Gasteiger partial charge in [0.1, 0.15) is 0 Å². The van der Waals surface area contributed by atoms with Crippen molar-refractivity contribution < 1.29 is 0 Å². The van der Waals surface area contributed by atoms with E-state index >= 15 is 0 Å². The standard InChI is InChI=1S/C13H18ClN5/c1-18-7-3-2-4-11(18)8-15-13-16-12-6-5-10(14)9-19(12)17-13/h5-6,9,11H,2-4,7-8H2,1H3,(H,15,17). The fourth-order valence-corrected chi connectivity index (χ4v) is 2.70. The van der Waals surface area contributed by atoms with Crippen LogP contribution in [0.3, 0.4) is 0 Å². The molecule has 0 saturated carbocycles. The molecule has 3 rings (SSSR count). The van der Waals surface area contributed by atoms with Crippen molar-refractivity contribution in [3.63, 3.8) is 0 Å². The van der Waals surface area contributed by atoms with Crippen LogP contribution >= 0.6 is 11.6 Å². The van der Waals surface area contributed by atoms with Gasteiger partial charge in [0.2, 0.25) is 5.95 Å². The number of rotatable bonds is 3. The van der Waals surface area contributed by atoms with Crippen LogP contribution in [0.15, 0.2) is 18.3 Å². The highest BCUT2D eigenvalue weighted by Gasteiger charge is 2.18. The number of aromatic nitrogens is 3. The van der Waals surface area contributed by atoms with Crippen LogP contribution in [0.25, 0.3) is 5.65 Å². The van der Waals surface area contributed by atoms with Gasteiger partial charge in [-0.25, -0.2) is 4.52 Å². The molecule has 0 bridgehead atoms. The second kappa shape index (κ2) is 5.35. The van der Waals surface area contributed by atoms with Crippen molar-refractivity contribution in [1.29, 1.82) is 0 Å². The average Bonchev–Trinajstić information content (AvgIpc) is 2.79. The van der Waals surface area contributed by atoms with Crippen LogP contribution in [0, 0.1) is 0 Å². The van der Waals surface area contributed by atoms with Crippen molar-refractivity contribution in [2.75, 3.05) is 25.5 Å². The Bertz CT molecular complexity index is 567. The predicted molar refractivity (Wildman–Crippen MR) is 76.8 cm³/mol. The number of likely N-dealkylation sites (tertiary alicyclic amines) is 1. The third-order valence-corrected chi connectivity index (χ3v) is 3.94. The number of nitrogens with one attached hydrogen (secondary N) is 1. The molecule has 0 radical (unpaired) electrons. The Hall–Kier alpha value is -1.33. The molecule has 1 fully saturated rings. The van der Waals surface area contributed by atoms with Gasteiger partial charge in [0.25, 0.3) is 0 Å². The maximum atomic E-state index is 5.93. The lowest BCUT2D eigenvalue weighted by molar-refractivity contribution is 0.194. The van der Waals surface area contributed by atoms with E-state index in [9.17, 15) is 0 Å². The Morgan fingerprint density at radius 2 is 2.32 bits per heavy atom. The van der Waals surface area contributed by atoms with Crippen molar-refractivity contribution >= 4 is 23.2 Å². The maximum Gasteiger partial charge on any atom is 0.243 e. The number of piperidine rings is 1. The van der Waals surface area contributed by atoms with Gasteiger partial charge in [-0.05, 0) is 38.6 Å². The summed E-state index contributed by atoms with van der Waals surface area (Å²) in [6.07, 6.45) is 5.62. The number of likely N-dealkylation sites (N-methyl/N-ethyl adjacent to an activating group) is 1. The molecule has 0 spiro atoms. The summed E-state index contributed by atoms with van der Waals surface area (Å²) in [5.41, 5.74) is 0.809. The molecule has 1 aliphatic heterocycles. The lowest BCUT2D eigenvalue weighted by Crippen LogP contribution is -2.40. The van der Waals surface area contributed by atoms with Crippen molar-refractivity contribution in [2.24, 2.45) is 0 Å². The van der Waals surface area contributed by atoms with E-state index in [1.54, 1.807) is 10.7 Å². The van der Waals surface area contributed by atoms with Crippen LogP contribution in [-0.4, -0.2) is 45.7 Å². The van der Waals surface area contributed by atoms with E-state index in [0.29, 0.717) is 17.0 Å². The van der Waals surface area contributed by atoms with E-state index in [1.807, 2.05) is 12.1 Å². The number of nitrogens with zero attached hydrogens (tertiary/aromatic N) is 4. The summed E-state index contributed by atoms with van der Waals surface area (Å²) in [6, 6.07) is 4.27. The van der Waals surface area contributed by atoms with E-state index in [4.69, 9.17) is 11.6 Å². The van der Waals surface area contributed by atoms with Gasteiger partial charge in [-0.3, -0.25) is 0 Å². The van der Waals surface area contributed by atoms with Gasteiger partial charge in [-0.2, -0.15) is 4.98 Å². The van der Waals surface area contributed by atoms with Crippen molar-refractivity contribution in [3.05, 3.63) is 23.4 Å². The molecule has 2 aromatic rings. The molecule has 1 saturated heterocycles. The van der Waals surface area contributed by atoms with E-state index in [1.165, 1.54) is 25.8 Å². The van der Waals surface area contributed by atoms with Crippen LogP contribution in [-0.2, 0) is 0 Å². The first-order valence-corrected chi connectivity index (χ1v) is 7.06. The van der Waals surface area contributed by atoms with Crippen LogP contribution in [0.2, 0.25) is 5.02 Å². The highest BCUT2D eigenvalue weighted by molar-refractivity contribution is 6.30. The molecule has 2 aromatic heterocycles. The molecular weight excluding hydrogens is 262 g/mol. The third kappa shape index (κ3) is 2.82. The summed E-state index contributed by atoms with van der Waals surface area (Å²) in [5, 5.41) is 8.36. The summed E-state index contributed by atoms with van der Waals surface area (Å²) < 4.78 is 1.70. The Morgan fingerprint density at radius 3 is 3.16 bits per heavy atom. The molecule has 3 heterocycles. The smallest absolute Gasteiger partial charge is 0.243 e. The minimum atomic E-state index is 0.573. The molecule has 1 atom stereocenters. The molecule has 0 amide bonds. The highest BCUT2D eigenvalue weighted by atomic mass is 35.5. The first-order chi connectivity index (χ1) is 9.22. The number of pyridine rings is 1. The molecule has 5 nitrogen and oxygen atoms in total. The zero-order chi connectivity index (χ0) is 13.2. The fraction of sp³-hybridized carbons (Fsp3) is 0.538. The van der Waals surface area contributed by atoms with Crippen molar-refractivity contribution in [2.45, 2.75) is 25.3 Å². The quantitative estimate of drug-likeness (QED) is 0.936. The second-order valence-electron chi connectivity index (χ2n) is 5.10. The van der Waals surface area contributed by atoms with Gasteiger partial charge in [-0.1, -0.05) is 18.0 Å². The molecule has 1 unspecified atom stereocenters. The summed E-state index contributed by atoms with van der Waals surface area (Å²) in [5.74, 6) is 0.668. The fourth-order valence-electron chi connectivity index (χ4n) is 2.54. The zero-order valence-corrected chi connectivity index (χ0v) is 11.8. The minimum absolute atomic E-state index is 0.573. The second-order valence-corrected chi connectivity index (χ2v) is 5.53. The third-order valence-electron chi connectivity index (χ3n) is 3.71. The summed E-state index contributed by atoms with van der Waals surface area (Å²) >= 11 is 5.93. The van der Waals surface area contributed by atoms with Gasteiger partial charge in [-0.15, -0.1) is 5.10 Å².